The van der Waals surface area contributed by atoms with Gasteiger partial charge in [-0.1, -0.05) is 11.6 Å². The number of hydrogen-bond donors (Lipinski definition) is 3. The Hall–Kier alpha value is -1.57. The Morgan fingerprint density at radius 1 is 1.36 bits per heavy atom. The number of carbonyl (C=O) groups is 1. The first kappa shape index (κ1) is 18.5. The molecule has 0 unspecified atom stereocenters. The normalized spacial score (nSPS) is 10.2. The average Bonchev–Trinajstić information content (AvgIpc) is 2.49. The van der Waals surface area contributed by atoms with E-state index in [1.807, 2.05) is 14.1 Å². The molecule has 0 aliphatic carbocycles. The van der Waals surface area contributed by atoms with Crippen LogP contribution in [0.25, 0.3) is 0 Å². The van der Waals surface area contributed by atoms with E-state index >= 15 is 0 Å². The highest BCUT2D eigenvalue weighted by Gasteiger charge is 2.12. The molecule has 6 nitrogen and oxygen atoms in total. The van der Waals surface area contributed by atoms with E-state index in [-0.39, 0.29) is 5.91 Å². The first-order chi connectivity index (χ1) is 10.4. The van der Waals surface area contributed by atoms with Gasteiger partial charge in [0, 0.05) is 11.6 Å². The Labute approximate surface area is 141 Å². The molecule has 0 aliphatic rings. The van der Waals surface area contributed by atoms with Crippen LogP contribution < -0.4 is 20.9 Å². The summed E-state index contributed by atoms with van der Waals surface area (Å²) in [5.41, 5.74) is 5.49. The Balaban J connectivity index is 2.42. The summed E-state index contributed by atoms with van der Waals surface area (Å²) in [6.07, 6.45) is 0.949. The summed E-state index contributed by atoms with van der Waals surface area (Å²) in [6.45, 7) is 1.68. The fraction of sp³-hybridized carbons (Fsp3) is 0.429. The van der Waals surface area contributed by atoms with Gasteiger partial charge in [0.2, 0.25) is 0 Å². The fourth-order valence-electron chi connectivity index (χ4n) is 1.68. The molecule has 1 rings (SSSR count). The van der Waals surface area contributed by atoms with Crippen LogP contribution in [-0.2, 0) is 0 Å². The number of hydrazine groups is 1. The van der Waals surface area contributed by atoms with E-state index in [0.29, 0.717) is 21.4 Å². The third-order valence-corrected chi connectivity index (χ3v) is 3.24. The van der Waals surface area contributed by atoms with Gasteiger partial charge in [0.1, 0.15) is 5.75 Å². The average molecular weight is 345 g/mol. The van der Waals surface area contributed by atoms with Crippen LogP contribution in [0.2, 0.25) is 5.02 Å². The third-order valence-electron chi connectivity index (χ3n) is 2.76. The lowest BCUT2D eigenvalue weighted by Crippen LogP contribution is -2.47. The maximum Gasteiger partial charge on any atom is 0.273 e. The molecule has 0 aromatic heterocycles. The van der Waals surface area contributed by atoms with Gasteiger partial charge in [0.05, 0.1) is 12.7 Å². The number of carbonyl (C=O) groups excluding carboxylic acids is 1. The monoisotopic (exact) mass is 344 g/mol. The summed E-state index contributed by atoms with van der Waals surface area (Å²) in [6, 6.07) is 4.82. The summed E-state index contributed by atoms with van der Waals surface area (Å²) < 4.78 is 5.13. The number of nitrogens with zero attached hydrogens (tertiary/aromatic N) is 1. The van der Waals surface area contributed by atoms with Crippen molar-refractivity contribution in [3.05, 3.63) is 28.8 Å². The van der Waals surface area contributed by atoms with Gasteiger partial charge in [-0.15, -0.1) is 0 Å². The van der Waals surface area contributed by atoms with E-state index in [1.165, 1.54) is 13.2 Å². The van der Waals surface area contributed by atoms with Gasteiger partial charge in [-0.3, -0.25) is 15.6 Å². The maximum atomic E-state index is 12.1. The number of amides is 1. The zero-order valence-corrected chi connectivity index (χ0v) is 14.5. The van der Waals surface area contributed by atoms with Gasteiger partial charge in [-0.25, -0.2) is 0 Å². The number of benzene rings is 1. The lowest BCUT2D eigenvalue weighted by atomic mass is 10.2. The summed E-state index contributed by atoms with van der Waals surface area (Å²) in [4.78, 5) is 14.2. The second-order valence-corrected chi connectivity index (χ2v) is 5.68. The van der Waals surface area contributed by atoms with Crippen molar-refractivity contribution in [3.8, 4) is 5.75 Å². The van der Waals surface area contributed by atoms with Crippen LogP contribution in [0.1, 0.15) is 16.8 Å². The molecule has 3 N–H and O–H groups in total. The number of halogens is 1. The standard InChI is InChI=1S/C14H21ClN4O2S/c1-19(2)8-4-7-16-14(22)18-17-13(20)11-9-10(15)5-6-12(11)21-3/h5-6,9H,4,7-8H2,1-3H3,(H,17,20)(H2,16,18,22). The summed E-state index contributed by atoms with van der Waals surface area (Å²) in [5.74, 6) is 0.0605. The van der Waals surface area contributed by atoms with Crippen LogP contribution in [0.5, 0.6) is 5.75 Å². The predicted octanol–water partition coefficient (Wildman–Crippen LogP) is 1.41. The molecule has 8 heteroatoms. The molecule has 0 atom stereocenters. The van der Waals surface area contributed by atoms with Gasteiger partial charge < -0.3 is 15.0 Å². The molecule has 0 saturated heterocycles. The second-order valence-electron chi connectivity index (χ2n) is 4.84. The molecule has 0 radical (unpaired) electrons. The van der Waals surface area contributed by atoms with Crippen molar-refractivity contribution in [2.75, 3.05) is 34.3 Å². The minimum Gasteiger partial charge on any atom is -0.496 e. The minimum atomic E-state index is -0.378. The zero-order valence-electron chi connectivity index (χ0n) is 12.9. The quantitative estimate of drug-likeness (QED) is 0.412. The molecule has 0 heterocycles. The van der Waals surface area contributed by atoms with Crippen LogP contribution in [-0.4, -0.2) is 50.2 Å². The smallest absolute Gasteiger partial charge is 0.273 e. The number of thiocarbonyl (C=S) groups is 1. The van der Waals surface area contributed by atoms with Gasteiger partial charge in [0.25, 0.3) is 5.91 Å². The highest BCUT2D eigenvalue weighted by molar-refractivity contribution is 7.80. The zero-order chi connectivity index (χ0) is 16.5. The topological polar surface area (TPSA) is 65.6 Å². The Kier molecular flexibility index (Phi) is 7.94. The van der Waals surface area contributed by atoms with E-state index in [2.05, 4.69) is 21.1 Å². The molecule has 1 aromatic carbocycles. The van der Waals surface area contributed by atoms with E-state index in [0.717, 1.165) is 19.5 Å². The van der Waals surface area contributed by atoms with Gasteiger partial charge >= 0.3 is 0 Å². The summed E-state index contributed by atoms with van der Waals surface area (Å²) in [5, 5.41) is 3.82. The van der Waals surface area contributed by atoms with Crippen LogP contribution in [0.4, 0.5) is 0 Å². The molecule has 1 amide bonds. The summed E-state index contributed by atoms with van der Waals surface area (Å²) >= 11 is 11.0. The van der Waals surface area contributed by atoms with Crippen LogP contribution in [0.15, 0.2) is 18.2 Å². The fourth-order valence-corrected chi connectivity index (χ4v) is 2.01. The van der Waals surface area contributed by atoms with Crippen molar-refractivity contribution in [1.29, 1.82) is 0 Å². The number of hydrogen-bond acceptors (Lipinski definition) is 4. The highest BCUT2D eigenvalue weighted by Crippen LogP contribution is 2.22. The lowest BCUT2D eigenvalue weighted by molar-refractivity contribution is 0.0940. The molecule has 122 valence electrons. The van der Waals surface area contributed by atoms with Crippen molar-refractivity contribution >= 4 is 34.8 Å². The maximum absolute atomic E-state index is 12.1. The van der Waals surface area contributed by atoms with Gasteiger partial charge in [-0.05, 0) is 57.5 Å². The van der Waals surface area contributed by atoms with E-state index in [9.17, 15) is 4.79 Å². The molecular formula is C14H21ClN4O2S. The van der Waals surface area contributed by atoms with Crippen molar-refractivity contribution in [2.45, 2.75) is 6.42 Å². The number of nitrogens with one attached hydrogen (secondary N) is 3. The Bertz CT molecular complexity index is 526. The van der Waals surface area contributed by atoms with Crippen LogP contribution in [0, 0.1) is 0 Å². The molecule has 0 aliphatic heterocycles. The van der Waals surface area contributed by atoms with E-state index < -0.39 is 0 Å². The van der Waals surface area contributed by atoms with Crippen molar-refractivity contribution < 1.29 is 9.53 Å². The first-order valence-corrected chi connectivity index (χ1v) is 7.55. The lowest BCUT2D eigenvalue weighted by Gasteiger charge is -2.14. The number of rotatable bonds is 6. The molecule has 0 spiro atoms. The molecule has 22 heavy (non-hydrogen) atoms. The predicted molar refractivity (Wildman–Crippen MR) is 92.4 cm³/mol. The van der Waals surface area contributed by atoms with Crippen LogP contribution >= 0.6 is 23.8 Å². The SMILES string of the molecule is COc1ccc(Cl)cc1C(=O)NNC(=S)NCCCN(C)C. The minimum absolute atomic E-state index is 0.331. The van der Waals surface area contributed by atoms with Gasteiger partial charge in [-0.2, -0.15) is 0 Å². The molecule has 0 bridgehead atoms. The van der Waals surface area contributed by atoms with Crippen LogP contribution in [0.3, 0.4) is 0 Å². The Morgan fingerprint density at radius 3 is 2.73 bits per heavy atom. The summed E-state index contributed by atoms with van der Waals surface area (Å²) in [7, 11) is 5.51. The number of ether oxygens (including phenoxy) is 1. The largest absolute Gasteiger partial charge is 0.496 e. The molecule has 0 saturated carbocycles. The van der Waals surface area contributed by atoms with Crippen molar-refractivity contribution in [1.82, 2.24) is 21.1 Å². The molecule has 0 fully saturated rings. The molecule has 1 aromatic rings. The van der Waals surface area contributed by atoms with E-state index in [4.69, 9.17) is 28.6 Å². The first-order valence-electron chi connectivity index (χ1n) is 6.76. The van der Waals surface area contributed by atoms with Crippen molar-refractivity contribution in [3.63, 3.8) is 0 Å². The Morgan fingerprint density at radius 2 is 2.09 bits per heavy atom. The number of methoxy groups -OCH3 is 1. The van der Waals surface area contributed by atoms with Gasteiger partial charge in [0.15, 0.2) is 5.11 Å². The van der Waals surface area contributed by atoms with Crippen molar-refractivity contribution in [2.24, 2.45) is 0 Å². The highest BCUT2D eigenvalue weighted by atomic mass is 35.5. The molecular weight excluding hydrogens is 324 g/mol. The third kappa shape index (κ3) is 6.46. The second kappa shape index (κ2) is 9.45. The van der Waals surface area contributed by atoms with E-state index in [1.54, 1.807) is 12.1 Å².